The molecule has 0 saturated carbocycles. The molecule has 0 amide bonds. The van der Waals surface area contributed by atoms with Crippen LogP contribution in [0.15, 0.2) is 36.7 Å². The topological polar surface area (TPSA) is 29.9 Å². The molecule has 3 nitrogen and oxygen atoms in total. The maximum Gasteiger partial charge on any atom is 0.0537 e. The van der Waals surface area contributed by atoms with E-state index in [1.165, 1.54) is 11.1 Å². The molecule has 4 heteroatoms. The zero-order chi connectivity index (χ0) is 13.0. The number of hydrogen-bond acceptors (Lipinski definition) is 2. The first-order valence-corrected chi connectivity index (χ1v) is 6.53. The standard InChI is InChI=1S/C14H18ClN3/c1-3-16-14(12-9-17-18(2)10-12)8-11-4-6-13(15)7-5-11/h4-7,9-10,14,16H,3,8H2,1-2H3. The number of benzene rings is 1. The lowest BCUT2D eigenvalue weighted by Gasteiger charge is -2.16. The largest absolute Gasteiger partial charge is 0.310 e. The van der Waals surface area contributed by atoms with Crippen LogP contribution in [-0.4, -0.2) is 16.3 Å². The highest BCUT2D eigenvalue weighted by molar-refractivity contribution is 6.30. The zero-order valence-electron chi connectivity index (χ0n) is 10.7. The molecule has 0 aliphatic carbocycles. The van der Waals surface area contributed by atoms with Gasteiger partial charge in [0.25, 0.3) is 0 Å². The molecule has 0 saturated heterocycles. The smallest absolute Gasteiger partial charge is 0.0537 e. The van der Waals surface area contributed by atoms with Gasteiger partial charge in [0.05, 0.1) is 6.20 Å². The van der Waals surface area contributed by atoms with Gasteiger partial charge in [-0.25, -0.2) is 0 Å². The molecule has 0 spiro atoms. The van der Waals surface area contributed by atoms with Gasteiger partial charge in [0.1, 0.15) is 0 Å². The van der Waals surface area contributed by atoms with E-state index in [1.54, 1.807) is 0 Å². The highest BCUT2D eigenvalue weighted by atomic mass is 35.5. The first-order chi connectivity index (χ1) is 8.69. The second-order valence-electron chi connectivity index (χ2n) is 4.39. The number of rotatable bonds is 5. The third-order valence-corrected chi connectivity index (χ3v) is 3.18. The fourth-order valence-corrected chi connectivity index (χ4v) is 2.16. The van der Waals surface area contributed by atoms with Crippen LogP contribution in [0.1, 0.15) is 24.1 Å². The number of nitrogens with zero attached hydrogens (tertiary/aromatic N) is 2. The van der Waals surface area contributed by atoms with Gasteiger partial charge in [-0.05, 0) is 30.7 Å². The molecule has 1 unspecified atom stereocenters. The van der Waals surface area contributed by atoms with Crippen molar-refractivity contribution in [2.45, 2.75) is 19.4 Å². The van der Waals surface area contributed by atoms with Crippen LogP contribution >= 0.6 is 11.6 Å². The molecule has 0 aliphatic heterocycles. The molecule has 0 bridgehead atoms. The fourth-order valence-electron chi connectivity index (χ4n) is 2.03. The fraction of sp³-hybridized carbons (Fsp3) is 0.357. The lowest BCUT2D eigenvalue weighted by atomic mass is 10.0. The third kappa shape index (κ3) is 3.34. The highest BCUT2D eigenvalue weighted by Crippen LogP contribution is 2.19. The van der Waals surface area contributed by atoms with Crippen LogP contribution in [0.5, 0.6) is 0 Å². The zero-order valence-corrected chi connectivity index (χ0v) is 11.5. The second kappa shape index (κ2) is 6.03. The molecule has 96 valence electrons. The minimum atomic E-state index is 0.296. The van der Waals surface area contributed by atoms with Crippen LogP contribution in [-0.2, 0) is 13.5 Å². The van der Waals surface area contributed by atoms with Crippen molar-refractivity contribution in [2.24, 2.45) is 7.05 Å². The highest BCUT2D eigenvalue weighted by Gasteiger charge is 2.12. The maximum absolute atomic E-state index is 5.90. The van der Waals surface area contributed by atoms with E-state index in [0.29, 0.717) is 6.04 Å². The van der Waals surface area contributed by atoms with Gasteiger partial charge in [0.2, 0.25) is 0 Å². The Morgan fingerprint density at radius 1 is 1.33 bits per heavy atom. The van der Waals surface area contributed by atoms with Crippen molar-refractivity contribution in [3.63, 3.8) is 0 Å². The summed E-state index contributed by atoms with van der Waals surface area (Å²) in [5.74, 6) is 0. The summed E-state index contributed by atoms with van der Waals surface area (Å²) >= 11 is 5.90. The minimum Gasteiger partial charge on any atom is -0.310 e. The molecule has 1 aromatic carbocycles. The molecule has 1 aromatic heterocycles. The average molecular weight is 264 g/mol. The number of nitrogens with one attached hydrogen (secondary N) is 1. The molecule has 0 aliphatic rings. The van der Waals surface area contributed by atoms with Gasteiger partial charge >= 0.3 is 0 Å². The van der Waals surface area contributed by atoms with Gasteiger partial charge < -0.3 is 5.32 Å². The lowest BCUT2D eigenvalue weighted by molar-refractivity contribution is 0.549. The molecule has 0 fully saturated rings. The molecule has 0 radical (unpaired) electrons. The Morgan fingerprint density at radius 3 is 2.61 bits per heavy atom. The third-order valence-electron chi connectivity index (χ3n) is 2.93. The summed E-state index contributed by atoms with van der Waals surface area (Å²) in [6.45, 7) is 3.05. The van der Waals surface area contributed by atoms with Crippen LogP contribution in [0.3, 0.4) is 0 Å². The SMILES string of the molecule is CCNC(Cc1ccc(Cl)cc1)c1cnn(C)c1. The van der Waals surface area contributed by atoms with E-state index in [4.69, 9.17) is 11.6 Å². The van der Waals surface area contributed by atoms with Gasteiger partial charge in [-0.15, -0.1) is 0 Å². The minimum absolute atomic E-state index is 0.296. The van der Waals surface area contributed by atoms with Crippen molar-refractivity contribution < 1.29 is 0 Å². The van der Waals surface area contributed by atoms with Gasteiger partial charge in [0, 0.05) is 29.9 Å². The maximum atomic E-state index is 5.90. The Kier molecular flexibility index (Phi) is 4.39. The van der Waals surface area contributed by atoms with E-state index in [9.17, 15) is 0 Å². The van der Waals surface area contributed by atoms with E-state index in [-0.39, 0.29) is 0 Å². The van der Waals surface area contributed by atoms with E-state index in [1.807, 2.05) is 30.1 Å². The summed E-state index contributed by atoms with van der Waals surface area (Å²) < 4.78 is 1.83. The first kappa shape index (κ1) is 13.1. The number of hydrogen-bond donors (Lipinski definition) is 1. The number of aryl methyl sites for hydroxylation is 1. The van der Waals surface area contributed by atoms with Crippen molar-refractivity contribution >= 4 is 11.6 Å². The molecule has 1 atom stereocenters. The van der Waals surface area contributed by atoms with E-state index < -0.39 is 0 Å². The number of halogens is 1. The van der Waals surface area contributed by atoms with Crippen molar-refractivity contribution in [1.29, 1.82) is 0 Å². The van der Waals surface area contributed by atoms with Crippen LogP contribution < -0.4 is 5.32 Å². The van der Waals surface area contributed by atoms with Crippen molar-refractivity contribution in [3.8, 4) is 0 Å². The predicted octanol–water partition coefficient (Wildman–Crippen LogP) is 2.97. The summed E-state index contributed by atoms with van der Waals surface area (Å²) in [5.41, 5.74) is 2.49. The summed E-state index contributed by atoms with van der Waals surface area (Å²) in [6.07, 6.45) is 4.92. The lowest BCUT2D eigenvalue weighted by Crippen LogP contribution is -2.22. The summed E-state index contributed by atoms with van der Waals surface area (Å²) in [4.78, 5) is 0. The summed E-state index contributed by atoms with van der Waals surface area (Å²) in [6, 6.07) is 8.31. The summed E-state index contributed by atoms with van der Waals surface area (Å²) in [5, 5.41) is 8.50. The normalized spacial score (nSPS) is 12.6. The quantitative estimate of drug-likeness (QED) is 0.899. The second-order valence-corrected chi connectivity index (χ2v) is 4.82. The first-order valence-electron chi connectivity index (χ1n) is 6.15. The molecule has 18 heavy (non-hydrogen) atoms. The Bertz CT molecular complexity index is 490. The van der Waals surface area contributed by atoms with Gasteiger partial charge in [-0.1, -0.05) is 30.7 Å². The Balaban J connectivity index is 2.13. The van der Waals surface area contributed by atoms with Crippen LogP contribution in [0.25, 0.3) is 0 Å². The van der Waals surface area contributed by atoms with Crippen molar-refractivity contribution in [3.05, 3.63) is 52.8 Å². The van der Waals surface area contributed by atoms with Gasteiger partial charge in [-0.2, -0.15) is 5.10 Å². The van der Waals surface area contributed by atoms with Crippen molar-refractivity contribution in [1.82, 2.24) is 15.1 Å². The Morgan fingerprint density at radius 2 is 2.06 bits per heavy atom. The Hall–Kier alpha value is -1.32. The van der Waals surface area contributed by atoms with Gasteiger partial charge in [0.15, 0.2) is 0 Å². The van der Waals surface area contributed by atoms with Crippen molar-refractivity contribution in [2.75, 3.05) is 6.54 Å². The molecule has 2 aromatic rings. The molecular formula is C14H18ClN3. The Labute approximate surface area is 113 Å². The molecule has 1 heterocycles. The predicted molar refractivity (Wildman–Crippen MR) is 74.8 cm³/mol. The monoisotopic (exact) mass is 263 g/mol. The van der Waals surface area contributed by atoms with E-state index >= 15 is 0 Å². The average Bonchev–Trinajstić information content (AvgIpc) is 2.78. The number of likely N-dealkylation sites (N-methyl/N-ethyl adjacent to an activating group) is 1. The van der Waals surface area contributed by atoms with E-state index in [2.05, 4.69) is 35.7 Å². The summed E-state index contributed by atoms with van der Waals surface area (Å²) in [7, 11) is 1.94. The molecule has 2 rings (SSSR count). The molecule has 1 N–H and O–H groups in total. The van der Waals surface area contributed by atoms with Crippen LogP contribution in [0.4, 0.5) is 0 Å². The van der Waals surface area contributed by atoms with E-state index in [0.717, 1.165) is 18.0 Å². The van der Waals surface area contributed by atoms with Gasteiger partial charge in [-0.3, -0.25) is 4.68 Å². The van der Waals surface area contributed by atoms with Crippen LogP contribution in [0.2, 0.25) is 5.02 Å². The molecular weight excluding hydrogens is 246 g/mol. The number of aromatic nitrogens is 2. The van der Waals surface area contributed by atoms with Crippen LogP contribution in [0, 0.1) is 0 Å².